The van der Waals surface area contributed by atoms with E-state index in [4.69, 9.17) is 5.73 Å². The summed E-state index contributed by atoms with van der Waals surface area (Å²) in [6.45, 7) is 5.63. The van der Waals surface area contributed by atoms with E-state index in [9.17, 15) is 0 Å². The first kappa shape index (κ1) is 11.8. The van der Waals surface area contributed by atoms with Crippen LogP contribution in [0, 0.1) is 20.8 Å². The molecule has 2 heterocycles. The molecule has 0 aromatic carbocycles. The van der Waals surface area contributed by atoms with E-state index >= 15 is 0 Å². The highest BCUT2D eigenvalue weighted by molar-refractivity contribution is 7.99. The second-order valence-corrected chi connectivity index (χ2v) is 4.73. The Kier molecular flexibility index (Phi) is 3.01. The number of aromatic nitrogens is 5. The molecule has 0 aliphatic carbocycles. The Labute approximate surface area is 104 Å². The van der Waals surface area contributed by atoms with Crippen LogP contribution in [0.1, 0.15) is 17.2 Å². The first-order chi connectivity index (χ1) is 7.99. The first-order valence-corrected chi connectivity index (χ1v) is 5.95. The zero-order valence-electron chi connectivity index (χ0n) is 10.2. The number of hydrogen-bond acceptors (Lipinski definition) is 6. The quantitative estimate of drug-likeness (QED) is 0.808. The Morgan fingerprint density at radius 2 is 1.82 bits per heavy atom. The van der Waals surface area contributed by atoms with Gasteiger partial charge in [0.25, 0.3) is 0 Å². The Morgan fingerprint density at radius 3 is 2.41 bits per heavy atom. The van der Waals surface area contributed by atoms with Gasteiger partial charge in [0.05, 0.1) is 0 Å². The molecule has 17 heavy (non-hydrogen) atoms. The summed E-state index contributed by atoms with van der Waals surface area (Å²) in [7, 11) is 1.92. The Bertz CT molecular complexity index is 562. The number of aryl methyl sites for hydroxylation is 2. The van der Waals surface area contributed by atoms with Gasteiger partial charge in [-0.2, -0.15) is 0 Å². The molecule has 2 aromatic rings. The number of nitrogens with zero attached hydrogens (tertiary/aromatic N) is 5. The average molecular weight is 250 g/mol. The van der Waals surface area contributed by atoms with Gasteiger partial charge in [-0.3, -0.25) is 0 Å². The van der Waals surface area contributed by atoms with Crippen molar-refractivity contribution in [3.63, 3.8) is 0 Å². The third-order valence-electron chi connectivity index (χ3n) is 2.49. The van der Waals surface area contributed by atoms with Gasteiger partial charge in [-0.05, 0) is 32.5 Å². The summed E-state index contributed by atoms with van der Waals surface area (Å²) in [6.07, 6.45) is 0. The summed E-state index contributed by atoms with van der Waals surface area (Å²) in [6, 6.07) is 0. The number of anilines is 1. The van der Waals surface area contributed by atoms with E-state index in [1.807, 2.05) is 32.4 Å². The van der Waals surface area contributed by atoms with Gasteiger partial charge >= 0.3 is 0 Å². The molecule has 0 radical (unpaired) electrons. The Hall–Kier alpha value is -1.63. The minimum absolute atomic E-state index is 0.513. The maximum Gasteiger partial charge on any atom is 0.197 e. The zero-order valence-corrected chi connectivity index (χ0v) is 11.0. The summed E-state index contributed by atoms with van der Waals surface area (Å²) in [4.78, 5) is 8.48. The highest BCUT2D eigenvalue weighted by atomic mass is 32.2. The van der Waals surface area contributed by atoms with Crippen LogP contribution in [0.4, 0.5) is 5.82 Å². The van der Waals surface area contributed by atoms with E-state index in [-0.39, 0.29) is 0 Å². The number of hydrogen-bond donors (Lipinski definition) is 1. The fraction of sp³-hybridized carbons (Fsp3) is 0.400. The van der Waals surface area contributed by atoms with E-state index in [0.717, 1.165) is 21.6 Å². The summed E-state index contributed by atoms with van der Waals surface area (Å²) in [5.41, 5.74) is 6.69. The largest absolute Gasteiger partial charge is 0.383 e. The average Bonchev–Trinajstić information content (AvgIpc) is 2.57. The van der Waals surface area contributed by atoms with Crippen LogP contribution in [-0.4, -0.2) is 24.7 Å². The summed E-state index contributed by atoms with van der Waals surface area (Å²) < 4.78 is 1.91. The lowest BCUT2D eigenvalue weighted by Gasteiger charge is -2.07. The molecule has 0 spiro atoms. The van der Waals surface area contributed by atoms with Gasteiger partial charge in [0.15, 0.2) is 5.16 Å². The van der Waals surface area contributed by atoms with Crippen LogP contribution in [0.2, 0.25) is 0 Å². The smallest absolute Gasteiger partial charge is 0.197 e. The monoisotopic (exact) mass is 250 g/mol. The second kappa shape index (κ2) is 4.33. The minimum Gasteiger partial charge on any atom is -0.383 e. The van der Waals surface area contributed by atoms with Gasteiger partial charge < -0.3 is 10.3 Å². The molecule has 0 saturated carbocycles. The molecule has 0 amide bonds. The maximum atomic E-state index is 5.81. The van der Waals surface area contributed by atoms with Crippen LogP contribution in [0.15, 0.2) is 10.2 Å². The van der Waals surface area contributed by atoms with Crippen molar-refractivity contribution in [2.45, 2.75) is 31.0 Å². The molecule has 0 unspecified atom stereocenters. The van der Waals surface area contributed by atoms with Crippen molar-refractivity contribution in [2.24, 2.45) is 7.05 Å². The van der Waals surface area contributed by atoms with Crippen LogP contribution < -0.4 is 5.73 Å². The first-order valence-electron chi connectivity index (χ1n) is 5.13. The molecule has 2 N–H and O–H groups in total. The fourth-order valence-corrected chi connectivity index (χ4v) is 2.25. The normalized spacial score (nSPS) is 10.8. The highest BCUT2D eigenvalue weighted by Crippen LogP contribution is 2.28. The molecule has 0 fully saturated rings. The minimum atomic E-state index is 0.513. The molecule has 6 nitrogen and oxygen atoms in total. The number of rotatable bonds is 2. The molecular weight excluding hydrogens is 236 g/mol. The van der Waals surface area contributed by atoms with Crippen LogP contribution >= 0.6 is 11.8 Å². The molecule has 2 rings (SSSR count). The van der Waals surface area contributed by atoms with Crippen molar-refractivity contribution >= 4 is 17.6 Å². The van der Waals surface area contributed by atoms with Gasteiger partial charge in [0, 0.05) is 12.6 Å². The van der Waals surface area contributed by atoms with E-state index < -0.39 is 0 Å². The van der Waals surface area contributed by atoms with Crippen LogP contribution in [0.5, 0.6) is 0 Å². The molecule has 0 aliphatic heterocycles. The lowest BCUT2D eigenvalue weighted by atomic mass is 10.3. The maximum absolute atomic E-state index is 5.81. The van der Waals surface area contributed by atoms with Crippen molar-refractivity contribution in [1.29, 1.82) is 0 Å². The molecule has 0 saturated heterocycles. The van der Waals surface area contributed by atoms with E-state index in [1.165, 1.54) is 11.8 Å². The zero-order chi connectivity index (χ0) is 12.6. The van der Waals surface area contributed by atoms with E-state index in [1.54, 1.807) is 0 Å². The highest BCUT2D eigenvalue weighted by Gasteiger charge is 2.12. The summed E-state index contributed by atoms with van der Waals surface area (Å²) in [5, 5.41) is 9.71. The van der Waals surface area contributed by atoms with Gasteiger partial charge in [-0.25, -0.2) is 9.97 Å². The van der Waals surface area contributed by atoms with Crippen LogP contribution in [0.25, 0.3) is 0 Å². The molecule has 2 aromatic heterocycles. The lowest BCUT2D eigenvalue weighted by Crippen LogP contribution is -2.02. The third kappa shape index (κ3) is 2.23. The lowest BCUT2D eigenvalue weighted by molar-refractivity contribution is 0.763. The van der Waals surface area contributed by atoms with Crippen molar-refractivity contribution in [3.8, 4) is 0 Å². The molecule has 0 aliphatic rings. The van der Waals surface area contributed by atoms with Crippen molar-refractivity contribution in [3.05, 3.63) is 17.2 Å². The van der Waals surface area contributed by atoms with Gasteiger partial charge in [-0.15, -0.1) is 10.2 Å². The molecule has 7 heteroatoms. The van der Waals surface area contributed by atoms with Gasteiger partial charge in [-0.1, -0.05) is 0 Å². The predicted octanol–water partition coefficient (Wildman–Crippen LogP) is 1.26. The molecule has 0 atom stereocenters. The SMILES string of the molecule is Cc1nc(N)c(C)c(Sc2nnc(C)n2C)n1. The topological polar surface area (TPSA) is 82.5 Å². The van der Waals surface area contributed by atoms with E-state index in [0.29, 0.717) is 11.6 Å². The van der Waals surface area contributed by atoms with Gasteiger partial charge in [0.1, 0.15) is 22.5 Å². The Balaban J connectivity index is 2.39. The number of nitrogens with two attached hydrogens (primary N) is 1. The summed E-state index contributed by atoms with van der Waals surface area (Å²) in [5.74, 6) is 2.04. The second-order valence-electron chi connectivity index (χ2n) is 3.78. The standard InChI is InChI=1S/C10H14N6S/c1-5-8(11)12-6(2)13-9(5)17-10-15-14-7(3)16(10)4/h1-4H3,(H2,11,12,13). The van der Waals surface area contributed by atoms with Crippen LogP contribution in [-0.2, 0) is 7.05 Å². The molecule has 90 valence electrons. The van der Waals surface area contributed by atoms with E-state index in [2.05, 4.69) is 20.2 Å². The molecule has 0 bridgehead atoms. The summed E-state index contributed by atoms with van der Waals surface area (Å²) >= 11 is 1.45. The van der Waals surface area contributed by atoms with Crippen molar-refractivity contribution in [1.82, 2.24) is 24.7 Å². The third-order valence-corrected chi connectivity index (χ3v) is 3.62. The van der Waals surface area contributed by atoms with Crippen LogP contribution in [0.3, 0.4) is 0 Å². The number of nitrogen functional groups attached to an aromatic ring is 1. The van der Waals surface area contributed by atoms with Gasteiger partial charge in [0.2, 0.25) is 0 Å². The van der Waals surface area contributed by atoms with Crippen molar-refractivity contribution < 1.29 is 0 Å². The molecular formula is C10H14N6S. The van der Waals surface area contributed by atoms with Crippen molar-refractivity contribution in [2.75, 3.05) is 5.73 Å². The Morgan fingerprint density at radius 1 is 1.12 bits per heavy atom. The fourth-order valence-electron chi connectivity index (χ4n) is 1.29. The predicted molar refractivity (Wildman–Crippen MR) is 65.8 cm³/mol.